The molecule has 3 rings (SSSR count). The molecule has 0 aromatic carbocycles. The fraction of sp³-hybridized carbons (Fsp3) is 0.615. The zero-order valence-corrected chi connectivity index (χ0v) is 12.8. The van der Waals surface area contributed by atoms with Crippen molar-refractivity contribution in [3.63, 3.8) is 0 Å². The van der Waals surface area contributed by atoms with Crippen LogP contribution in [-0.4, -0.2) is 54.5 Å². The van der Waals surface area contributed by atoms with Crippen molar-refractivity contribution in [1.82, 2.24) is 15.3 Å². The lowest BCUT2D eigenvalue weighted by Gasteiger charge is -2.28. The van der Waals surface area contributed by atoms with Crippen LogP contribution in [0, 0.1) is 0 Å². The molecule has 114 valence electrons. The highest BCUT2D eigenvalue weighted by molar-refractivity contribution is 7.80. The fourth-order valence-electron chi connectivity index (χ4n) is 2.08. The third-order valence-electron chi connectivity index (χ3n) is 3.37. The molecule has 2 aliphatic rings. The molecule has 1 aromatic rings. The van der Waals surface area contributed by atoms with E-state index in [2.05, 4.69) is 25.5 Å². The maximum Gasteiger partial charge on any atom is 0.234 e. The van der Waals surface area contributed by atoms with Crippen molar-refractivity contribution in [1.29, 1.82) is 0 Å². The SMILES string of the molecule is COc1cc(N2CCOCC2)nc(NC(=S)NC2CC2)n1. The van der Waals surface area contributed by atoms with Gasteiger partial charge in [-0.05, 0) is 25.1 Å². The number of morpholine rings is 1. The van der Waals surface area contributed by atoms with Crippen molar-refractivity contribution >= 4 is 29.1 Å². The molecule has 2 heterocycles. The minimum atomic E-state index is 0.453. The Balaban J connectivity index is 1.73. The van der Waals surface area contributed by atoms with Gasteiger partial charge in [0.25, 0.3) is 0 Å². The summed E-state index contributed by atoms with van der Waals surface area (Å²) in [5.41, 5.74) is 0. The monoisotopic (exact) mass is 309 g/mol. The van der Waals surface area contributed by atoms with Crippen LogP contribution in [0.15, 0.2) is 6.07 Å². The summed E-state index contributed by atoms with van der Waals surface area (Å²) in [5.74, 6) is 1.79. The van der Waals surface area contributed by atoms with E-state index in [0.717, 1.165) is 18.9 Å². The fourth-order valence-corrected chi connectivity index (χ4v) is 2.34. The number of anilines is 2. The van der Waals surface area contributed by atoms with E-state index in [4.69, 9.17) is 21.7 Å². The first-order valence-corrected chi connectivity index (χ1v) is 7.49. The maximum atomic E-state index is 5.36. The highest BCUT2D eigenvalue weighted by Crippen LogP contribution is 2.21. The minimum absolute atomic E-state index is 0.453. The Labute approximate surface area is 129 Å². The lowest BCUT2D eigenvalue weighted by molar-refractivity contribution is 0.122. The summed E-state index contributed by atoms with van der Waals surface area (Å²) in [4.78, 5) is 10.9. The second kappa shape index (κ2) is 6.40. The van der Waals surface area contributed by atoms with Crippen LogP contribution >= 0.6 is 12.2 Å². The molecule has 1 aromatic heterocycles. The highest BCUT2D eigenvalue weighted by Gasteiger charge is 2.22. The number of methoxy groups -OCH3 is 1. The summed E-state index contributed by atoms with van der Waals surface area (Å²) in [6.07, 6.45) is 2.33. The van der Waals surface area contributed by atoms with Crippen LogP contribution in [0.5, 0.6) is 5.88 Å². The quantitative estimate of drug-likeness (QED) is 0.790. The van der Waals surface area contributed by atoms with Gasteiger partial charge in [-0.3, -0.25) is 0 Å². The molecule has 0 unspecified atom stereocenters. The first kappa shape index (κ1) is 14.3. The third-order valence-corrected chi connectivity index (χ3v) is 3.59. The van der Waals surface area contributed by atoms with Gasteiger partial charge in [-0.1, -0.05) is 0 Å². The van der Waals surface area contributed by atoms with Crippen LogP contribution in [0.25, 0.3) is 0 Å². The molecule has 0 spiro atoms. The van der Waals surface area contributed by atoms with E-state index in [1.807, 2.05) is 6.07 Å². The number of thiocarbonyl (C=S) groups is 1. The van der Waals surface area contributed by atoms with Gasteiger partial charge in [0.1, 0.15) is 5.82 Å². The van der Waals surface area contributed by atoms with Gasteiger partial charge >= 0.3 is 0 Å². The molecule has 2 N–H and O–H groups in total. The van der Waals surface area contributed by atoms with Gasteiger partial charge in [0.2, 0.25) is 11.8 Å². The van der Waals surface area contributed by atoms with Crippen molar-refractivity contribution in [2.75, 3.05) is 43.6 Å². The molecule has 1 aliphatic carbocycles. The zero-order valence-electron chi connectivity index (χ0n) is 12.0. The average Bonchev–Trinajstić information content (AvgIpc) is 3.31. The van der Waals surface area contributed by atoms with E-state index in [9.17, 15) is 0 Å². The number of ether oxygens (including phenoxy) is 2. The summed E-state index contributed by atoms with van der Waals surface area (Å²) < 4.78 is 10.6. The van der Waals surface area contributed by atoms with Gasteiger partial charge in [-0.2, -0.15) is 9.97 Å². The van der Waals surface area contributed by atoms with E-state index in [0.29, 0.717) is 36.2 Å². The van der Waals surface area contributed by atoms with Crippen LogP contribution in [0.4, 0.5) is 11.8 Å². The summed E-state index contributed by atoms with van der Waals surface area (Å²) in [6.45, 7) is 3.03. The standard InChI is InChI=1S/C13H19N5O2S/c1-19-11-8-10(18-4-6-20-7-5-18)15-12(16-11)17-13(21)14-9-2-3-9/h8-9H,2-7H2,1H3,(H2,14,15,16,17,21). The van der Waals surface area contributed by atoms with E-state index < -0.39 is 0 Å². The second-order valence-electron chi connectivity index (χ2n) is 5.06. The second-order valence-corrected chi connectivity index (χ2v) is 5.47. The first-order valence-electron chi connectivity index (χ1n) is 7.08. The molecule has 1 saturated heterocycles. The number of hydrogen-bond acceptors (Lipinski definition) is 6. The Morgan fingerprint density at radius 1 is 1.38 bits per heavy atom. The largest absolute Gasteiger partial charge is 0.481 e. The molecule has 2 fully saturated rings. The van der Waals surface area contributed by atoms with Gasteiger partial charge in [0.05, 0.1) is 20.3 Å². The van der Waals surface area contributed by atoms with E-state index >= 15 is 0 Å². The molecule has 8 heteroatoms. The molecule has 1 aliphatic heterocycles. The lowest BCUT2D eigenvalue weighted by atomic mass is 10.4. The lowest BCUT2D eigenvalue weighted by Crippen LogP contribution is -2.37. The molecule has 1 saturated carbocycles. The van der Waals surface area contributed by atoms with Crippen LogP contribution < -0.4 is 20.3 Å². The van der Waals surface area contributed by atoms with E-state index in [1.54, 1.807) is 7.11 Å². The summed E-state index contributed by atoms with van der Waals surface area (Å²) in [6, 6.07) is 2.32. The van der Waals surface area contributed by atoms with Crippen molar-refractivity contribution in [2.45, 2.75) is 18.9 Å². The van der Waals surface area contributed by atoms with Crippen molar-refractivity contribution in [3.05, 3.63) is 6.07 Å². The summed E-state index contributed by atoms with van der Waals surface area (Å²) >= 11 is 5.25. The molecule has 7 nitrogen and oxygen atoms in total. The molecule has 0 amide bonds. The van der Waals surface area contributed by atoms with Gasteiger partial charge in [0.15, 0.2) is 5.11 Å². The topological polar surface area (TPSA) is 71.5 Å². The van der Waals surface area contributed by atoms with Crippen molar-refractivity contribution < 1.29 is 9.47 Å². The average molecular weight is 309 g/mol. The first-order chi connectivity index (χ1) is 10.2. The van der Waals surface area contributed by atoms with E-state index in [1.165, 1.54) is 12.8 Å². The highest BCUT2D eigenvalue weighted by atomic mass is 32.1. The Hall–Kier alpha value is -1.67. The number of aromatic nitrogens is 2. The Morgan fingerprint density at radius 2 is 2.14 bits per heavy atom. The van der Waals surface area contributed by atoms with E-state index in [-0.39, 0.29) is 0 Å². The predicted octanol–water partition coefficient (Wildman–Crippen LogP) is 0.771. The molecular weight excluding hydrogens is 290 g/mol. The summed E-state index contributed by atoms with van der Waals surface area (Å²) in [7, 11) is 1.59. The van der Waals surface area contributed by atoms with Gasteiger partial charge in [-0.25, -0.2) is 0 Å². The molecule has 0 bridgehead atoms. The molecule has 0 radical (unpaired) electrons. The van der Waals surface area contributed by atoms with Gasteiger partial charge in [0, 0.05) is 25.2 Å². The molecule has 21 heavy (non-hydrogen) atoms. The molecular formula is C13H19N5O2S. The summed E-state index contributed by atoms with van der Waals surface area (Å²) in [5, 5.41) is 6.79. The third kappa shape index (κ3) is 3.92. The number of rotatable bonds is 4. The van der Waals surface area contributed by atoms with Crippen LogP contribution in [0.2, 0.25) is 0 Å². The molecule has 0 atom stereocenters. The Morgan fingerprint density at radius 3 is 2.81 bits per heavy atom. The Kier molecular flexibility index (Phi) is 4.35. The predicted molar refractivity (Wildman–Crippen MR) is 84.0 cm³/mol. The smallest absolute Gasteiger partial charge is 0.234 e. The van der Waals surface area contributed by atoms with Crippen LogP contribution in [-0.2, 0) is 4.74 Å². The number of hydrogen-bond donors (Lipinski definition) is 2. The van der Waals surface area contributed by atoms with Gasteiger partial charge < -0.3 is 25.0 Å². The number of nitrogens with one attached hydrogen (secondary N) is 2. The van der Waals surface area contributed by atoms with Gasteiger partial charge in [-0.15, -0.1) is 0 Å². The normalized spacial score (nSPS) is 18.2. The number of nitrogens with zero attached hydrogens (tertiary/aromatic N) is 3. The van der Waals surface area contributed by atoms with Crippen LogP contribution in [0.1, 0.15) is 12.8 Å². The zero-order chi connectivity index (χ0) is 14.7. The van der Waals surface area contributed by atoms with Crippen LogP contribution in [0.3, 0.4) is 0 Å². The van der Waals surface area contributed by atoms with Crippen molar-refractivity contribution in [2.24, 2.45) is 0 Å². The maximum absolute atomic E-state index is 5.36. The van der Waals surface area contributed by atoms with Crippen molar-refractivity contribution in [3.8, 4) is 5.88 Å². The minimum Gasteiger partial charge on any atom is -0.481 e. The Bertz CT molecular complexity index is 517.